The van der Waals surface area contributed by atoms with Gasteiger partial charge in [-0.1, -0.05) is 73.6 Å². The van der Waals surface area contributed by atoms with Crippen molar-refractivity contribution in [1.29, 1.82) is 0 Å². The second kappa shape index (κ2) is 15.4. The fourth-order valence-electron chi connectivity index (χ4n) is 5.29. The average molecular weight is 561 g/mol. The summed E-state index contributed by atoms with van der Waals surface area (Å²) in [6.45, 7) is 11.5. The first-order valence-corrected chi connectivity index (χ1v) is 15.1. The van der Waals surface area contributed by atoms with Crippen LogP contribution in [0.1, 0.15) is 103 Å². The van der Waals surface area contributed by atoms with E-state index in [0.717, 1.165) is 63.4 Å². The molecule has 0 saturated carbocycles. The Kier molecular flexibility index (Phi) is 11.9. The van der Waals surface area contributed by atoms with Gasteiger partial charge >= 0.3 is 0 Å². The van der Waals surface area contributed by atoms with E-state index in [1.807, 2.05) is 11.0 Å². The van der Waals surface area contributed by atoms with Crippen molar-refractivity contribution < 1.29 is 20.1 Å². The van der Waals surface area contributed by atoms with Crippen molar-refractivity contribution in [3.8, 4) is 17.2 Å². The molecule has 3 rings (SSSR count). The summed E-state index contributed by atoms with van der Waals surface area (Å²) in [5, 5.41) is 32.5. The molecule has 0 spiro atoms. The third-order valence-electron chi connectivity index (χ3n) is 7.61. The number of phenols is 3. The summed E-state index contributed by atoms with van der Waals surface area (Å²) in [4.78, 5) is 17.4. The standard InChI is InChI=1S/C35H48N2O4/c1-6-7-8-9-10-21-37-33-29(18-13-19-31(33)39)35(41)36(30-23-28(38)24-32(40)34(30)37)22-20-27(5)17-12-16-26(4)15-11-14-25(2)3/h13-14,16,18-20,23-24,38-40H,6-12,15,17,21-22H2,1-5H3. The van der Waals surface area contributed by atoms with E-state index in [2.05, 4.69) is 46.8 Å². The molecule has 2 aromatic carbocycles. The van der Waals surface area contributed by atoms with Crippen LogP contribution in [0.5, 0.6) is 17.2 Å². The number of benzene rings is 2. The third-order valence-corrected chi connectivity index (χ3v) is 7.61. The van der Waals surface area contributed by atoms with E-state index < -0.39 is 0 Å². The molecule has 0 radical (unpaired) electrons. The maximum absolute atomic E-state index is 14.0. The number of amides is 1. The van der Waals surface area contributed by atoms with Crippen LogP contribution in [0.3, 0.4) is 0 Å². The van der Waals surface area contributed by atoms with Gasteiger partial charge in [0.15, 0.2) is 0 Å². The van der Waals surface area contributed by atoms with Gasteiger partial charge in [0.1, 0.15) is 22.9 Å². The van der Waals surface area contributed by atoms with Crippen LogP contribution in [0.4, 0.5) is 17.1 Å². The Morgan fingerprint density at radius 1 is 0.780 bits per heavy atom. The van der Waals surface area contributed by atoms with Gasteiger partial charge in [-0.3, -0.25) is 4.79 Å². The molecular formula is C35H48N2O4. The molecule has 41 heavy (non-hydrogen) atoms. The number of nitrogens with zero attached hydrogens (tertiary/aromatic N) is 2. The number of carbonyl (C=O) groups is 1. The van der Waals surface area contributed by atoms with Crippen LogP contribution in [0, 0.1) is 0 Å². The Hall–Kier alpha value is -3.67. The molecule has 0 fully saturated rings. The topological polar surface area (TPSA) is 84.2 Å². The van der Waals surface area contributed by atoms with Gasteiger partial charge in [-0.2, -0.15) is 0 Å². The highest BCUT2D eigenvalue weighted by Gasteiger charge is 2.34. The minimum Gasteiger partial charge on any atom is -0.508 e. The van der Waals surface area contributed by atoms with Gasteiger partial charge in [-0.05, 0) is 71.9 Å². The van der Waals surface area contributed by atoms with E-state index in [4.69, 9.17) is 0 Å². The summed E-state index contributed by atoms with van der Waals surface area (Å²) >= 11 is 0. The molecule has 0 bridgehead atoms. The molecule has 0 aromatic heterocycles. The van der Waals surface area contributed by atoms with Crippen molar-refractivity contribution >= 4 is 23.0 Å². The highest BCUT2D eigenvalue weighted by Crippen LogP contribution is 2.50. The lowest BCUT2D eigenvalue weighted by Crippen LogP contribution is -2.30. The Morgan fingerprint density at radius 3 is 2.17 bits per heavy atom. The number of carbonyl (C=O) groups excluding carboxylic acids is 1. The summed E-state index contributed by atoms with van der Waals surface area (Å²) < 4.78 is 0. The lowest BCUT2D eigenvalue weighted by Gasteiger charge is -2.28. The monoisotopic (exact) mass is 560 g/mol. The second-order valence-corrected chi connectivity index (χ2v) is 11.4. The van der Waals surface area contributed by atoms with E-state index in [9.17, 15) is 20.1 Å². The summed E-state index contributed by atoms with van der Waals surface area (Å²) in [6, 6.07) is 7.79. The number of phenolic OH excluding ortho intramolecular Hbond substituents is 3. The van der Waals surface area contributed by atoms with Gasteiger partial charge < -0.3 is 25.1 Å². The minimum atomic E-state index is -0.283. The number of unbranched alkanes of at least 4 members (excludes halogenated alkanes) is 4. The molecule has 0 unspecified atom stereocenters. The van der Waals surface area contributed by atoms with Crippen molar-refractivity contribution in [2.24, 2.45) is 0 Å². The summed E-state index contributed by atoms with van der Waals surface area (Å²) in [5.74, 6) is -0.540. The first-order valence-electron chi connectivity index (χ1n) is 15.1. The maximum Gasteiger partial charge on any atom is 0.260 e. The molecule has 1 aliphatic rings. The Bertz CT molecular complexity index is 1290. The fraction of sp³-hybridized carbons (Fsp3) is 0.457. The van der Waals surface area contributed by atoms with Gasteiger partial charge in [0.05, 0.1) is 16.9 Å². The number of allylic oxidation sites excluding steroid dienone is 5. The SMILES string of the molecule is CCCCCCCN1c2c(O)cccc2C(=O)N(CC=C(C)CCC=C(C)CCC=C(C)C)c2cc(O)cc(O)c21. The quantitative estimate of drug-likeness (QED) is 0.158. The second-order valence-electron chi connectivity index (χ2n) is 11.4. The van der Waals surface area contributed by atoms with Crippen LogP contribution in [0.2, 0.25) is 0 Å². The van der Waals surface area contributed by atoms with Crippen molar-refractivity contribution in [3.63, 3.8) is 0 Å². The molecule has 0 atom stereocenters. The van der Waals surface area contributed by atoms with E-state index in [1.54, 1.807) is 23.1 Å². The van der Waals surface area contributed by atoms with Crippen LogP contribution < -0.4 is 9.80 Å². The van der Waals surface area contributed by atoms with Crippen LogP contribution in [0.25, 0.3) is 0 Å². The number of hydrogen-bond acceptors (Lipinski definition) is 5. The van der Waals surface area contributed by atoms with Gasteiger partial charge in [0.2, 0.25) is 0 Å². The highest BCUT2D eigenvalue weighted by atomic mass is 16.3. The Labute approximate surface area is 246 Å². The zero-order chi connectivity index (χ0) is 29.9. The molecule has 0 aliphatic carbocycles. The van der Waals surface area contributed by atoms with Crippen molar-refractivity contribution in [1.82, 2.24) is 0 Å². The predicted octanol–water partition coefficient (Wildman–Crippen LogP) is 9.29. The predicted molar refractivity (Wildman–Crippen MR) is 171 cm³/mol. The van der Waals surface area contributed by atoms with Crippen molar-refractivity contribution in [2.75, 3.05) is 22.9 Å². The van der Waals surface area contributed by atoms with Gasteiger partial charge in [-0.25, -0.2) is 0 Å². The Balaban J connectivity index is 1.90. The third kappa shape index (κ3) is 8.66. The van der Waals surface area contributed by atoms with Gasteiger partial charge in [0, 0.05) is 25.2 Å². The van der Waals surface area contributed by atoms with Crippen molar-refractivity contribution in [2.45, 2.75) is 92.4 Å². The molecule has 1 aliphatic heterocycles. The number of aromatic hydroxyl groups is 3. The molecule has 1 heterocycles. The van der Waals surface area contributed by atoms with E-state index in [0.29, 0.717) is 29.2 Å². The molecule has 3 N–H and O–H groups in total. The molecule has 0 saturated heterocycles. The zero-order valence-electron chi connectivity index (χ0n) is 25.5. The number of fused-ring (bicyclic) bond motifs is 2. The average Bonchev–Trinajstić information content (AvgIpc) is 3.00. The minimum absolute atomic E-state index is 0.0110. The first kappa shape index (κ1) is 31.9. The van der Waals surface area contributed by atoms with Crippen LogP contribution in [0.15, 0.2) is 65.3 Å². The number of rotatable bonds is 14. The Morgan fingerprint density at radius 2 is 1.46 bits per heavy atom. The lowest BCUT2D eigenvalue weighted by atomic mass is 10.1. The highest BCUT2D eigenvalue weighted by molar-refractivity contribution is 6.15. The number of para-hydroxylation sites is 1. The summed E-state index contributed by atoms with van der Waals surface area (Å²) in [6.07, 6.45) is 15.7. The molecule has 6 heteroatoms. The molecule has 222 valence electrons. The largest absolute Gasteiger partial charge is 0.508 e. The zero-order valence-corrected chi connectivity index (χ0v) is 25.5. The summed E-state index contributed by atoms with van der Waals surface area (Å²) in [5.41, 5.74) is 5.50. The van der Waals surface area contributed by atoms with Gasteiger partial charge in [0.25, 0.3) is 5.91 Å². The molecular weight excluding hydrogens is 512 g/mol. The lowest BCUT2D eigenvalue weighted by molar-refractivity contribution is 0.0990. The number of hydrogen-bond donors (Lipinski definition) is 3. The molecule has 6 nitrogen and oxygen atoms in total. The van der Waals surface area contributed by atoms with Crippen molar-refractivity contribution in [3.05, 3.63) is 70.8 Å². The van der Waals surface area contributed by atoms with Crippen LogP contribution >= 0.6 is 0 Å². The summed E-state index contributed by atoms with van der Waals surface area (Å²) in [7, 11) is 0. The van der Waals surface area contributed by atoms with Crippen LogP contribution in [-0.2, 0) is 0 Å². The molecule has 2 aromatic rings. The smallest absolute Gasteiger partial charge is 0.260 e. The van der Waals surface area contributed by atoms with E-state index >= 15 is 0 Å². The van der Waals surface area contributed by atoms with Gasteiger partial charge in [-0.15, -0.1) is 0 Å². The van der Waals surface area contributed by atoms with Crippen LogP contribution in [-0.4, -0.2) is 34.3 Å². The fourth-order valence-corrected chi connectivity index (χ4v) is 5.29. The first-order chi connectivity index (χ1) is 19.6. The van der Waals surface area contributed by atoms with E-state index in [-0.39, 0.29) is 29.7 Å². The maximum atomic E-state index is 14.0. The number of anilines is 3. The van der Waals surface area contributed by atoms with E-state index in [1.165, 1.54) is 23.3 Å². The molecule has 1 amide bonds. The normalized spacial score (nSPS) is 13.6.